The Labute approximate surface area is 221 Å². The maximum Gasteiger partial charge on any atom is 0.226 e. The molecule has 2 aliphatic heterocycles. The van der Waals surface area contributed by atoms with Crippen molar-refractivity contribution in [2.24, 2.45) is 11.7 Å². The van der Waals surface area contributed by atoms with Gasteiger partial charge in [-0.3, -0.25) is 4.98 Å². The van der Waals surface area contributed by atoms with Gasteiger partial charge >= 0.3 is 0 Å². The third-order valence-corrected chi connectivity index (χ3v) is 7.88. The van der Waals surface area contributed by atoms with Crippen LogP contribution in [0.1, 0.15) is 68.7 Å². The van der Waals surface area contributed by atoms with Crippen LogP contribution in [0.3, 0.4) is 0 Å². The van der Waals surface area contributed by atoms with Crippen LogP contribution < -0.4 is 10.6 Å². The zero-order valence-electron chi connectivity index (χ0n) is 22.2. The van der Waals surface area contributed by atoms with E-state index in [-0.39, 0.29) is 52.4 Å². The summed E-state index contributed by atoms with van der Waals surface area (Å²) in [6.07, 6.45) is 7.02. The molecule has 2 aliphatic rings. The number of benzene rings is 1. The van der Waals surface area contributed by atoms with E-state index in [9.17, 15) is 9.65 Å². The number of allylic oxidation sites excluding steroid dienone is 2. The number of pyridine rings is 1. The van der Waals surface area contributed by atoms with Crippen molar-refractivity contribution in [2.45, 2.75) is 72.6 Å². The molecule has 9 heteroatoms. The summed E-state index contributed by atoms with van der Waals surface area (Å²) in [5, 5.41) is 10.4. The highest BCUT2D eigenvalue weighted by molar-refractivity contribution is 5.95. The van der Waals surface area contributed by atoms with E-state index >= 15 is 4.39 Å². The van der Waals surface area contributed by atoms with Crippen molar-refractivity contribution < 1.29 is 13.5 Å². The molecule has 0 saturated carbocycles. The molecule has 2 unspecified atom stereocenters. The Morgan fingerprint density at radius 1 is 1.21 bits per heavy atom. The van der Waals surface area contributed by atoms with Crippen molar-refractivity contribution in [3.05, 3.63) is 52.0 Å². The summed E-state index contributed by atoms with van der Waals surface area (Å²) in [6, 6.07) is 2.35. The number of hydrogen-bond acceptors (Lipinski definition) is 7. The molecule has 4 heterocycles. The van der Waals surface area contributed by atoms with Crippen LogP contribution in [0, 0.1) is 35.8 Å². The number of hydrogen-bond donors (Lipinski definition) is 1. The third kappa shape index (κ3) is 4.17. The van der Waals surface area contributed by atoms with Gasteiger partial charge in [0, 0.05) is 41.0 Å². The Kier molecular flexibility index (Phi) is 7.01. The van der Waals surface area contributed by atoms with Gasteiger partial charge in [-0.15, -0.1) is 0 Å². The Morgan fingerprint density at radius 2 is 1.97 bits per heavy atom. The fourth-order valence-electron chi connectivity index (χ4n) is 5.97. The standard InChI is InChI=1S/C29H32F2N6O/c1-5-7-17-8-18(6-2)37(12-17)29-35-10-20-21-13-38-14-22(21)25(26(31)27(20)36-29)28-24(19(9-32)16(4)33)15(3)23(30)11-34-28/h10-11,17-18H,5-8,12-14,33H2,1-4H3/b19-16+. The molecule has 7 nitrogen and oxygen atoms in total. The average molecular weight is 519 g/mol. The molecule has 5 rings (SSSR count). The monoisotopic (exact) mass is 518 g/mol. The van der Waals surface area contributed by atoms with Crippen LogP contribution in [0.4, 0.5) is 14.7 Å². The second-order valence-electron chi connectivity index (χ2n) is 10.3. The average Bonchev–Trinajstić information content (AvgIpc) is 3.55. The van der Waals surface area contributed by atoms with E-state index in [1.807, 2.05) is 0 Å². The van der Waals surface area contributed by atoms with Gasteiger partial charge in [0.05, 0.1) is 30.7 Å². The van der Waals surface area contributed by atoms with Gasteiger partial charge in [0.15, 0.2) is 5.82 Å². The topological polar surface area (TPSA) is 101 Å². The Bertz CT molecular complexity index is 1490. The van der Waals surface area contributed by atoms with Gasteiger partial charge in [0.2, 0.25) is 5.95 Å². The van der Waals surface area contributed by atoms with E-state index in [4.69, 9.17) is 15.5 Å². The quantitative estimate of drug-likeness (QED) is 0.404. The van der Waals surface area contributed by atoms with Gasteiger partial charge in [0.1, 0.15) is 17.4 Å². The Morgan fingerprint density at radius 3 is 2.66 bits per heavy atom. The predicted octanol–water partition coefficient (Wildman–Crippen LogP) is 5.93. The molecule has 0 aliphatic carbocycles. The minimum atomic E-state index is -0.599. The molecule has 2 aromatic heterocycles. The lowest BCUT2D eigenvalue weighted by atomic mass is 9.89. The number of nitrogens with two attached hydrogens (primary N) is 1. The Balaban J connectivity index is 1.75. The van der Waals surface area contributed by atoms with Crippen molar-refractivity contribution in [3.8, 4) is 17.3 Å². The summed E-state index contributed by atoms with van der Waals surface area (Å²) in [5.74, 6) is -0.122. The SMILES string of the molecule is CCCC1CC(CC)N(c2ncc3c4c(c(-c5ncc(F)c(C)c5/C(C#N)=C(\C)N)c(F)c3n2)COC4)C1. The highest BCUT2D eigenvalue weighted by atomic mass is 19.1. The number of anilines is 1. The summed E-state index contributed by atoms with van der Waals surface area (Å²) in [4.78, 5) is 15.9. The summed E-state index contributed by atoms with van der Waals surface area (Å²) in [7, 11) is 0. The number of rotatable bonds is 6. The van der Waals surface area contributed by atoms with E-state index in [0.717, 1.165) is 44.0 Å². The van der Waals surface area contributed by atoms with E-state index in [0.29, 0.717) is 28.9 Å². The molecule has 0 radical (unpaired) electrons. The van der Waals surface area contributed by atoms with E-state index in [2.05, 4.69) is 34.8 Å². The number of ether oxygens (including phenoxy) is 1. The molecular weight excluding hydrogens is 486 g/mol. The van der Waals surface area contributed by atoms with Crippen LogP contribution in [0.25, 0.3) is 27.7 Å². The summed E-state index contributed by atoms with van der Waals surface area (Å²) in [5.41, 5.74) is 8.49. The highest BCUT2D eigenvalue weighted by Gasteiger charge is 2.34. The van der Waals surface area contributed by atoms with Crippen LogP contribution in [0.15, 0.2) is 18.1 Å². The first kappa shape index (κ1) is 26.0. The Hall–Kier alpha value is -3.64. The van der Waals surface area contributed by atoms with Gasteiger partial charge < -0.3 is 15.4 Å². The maximum absolute atomic E-state index is 16.6. The fraction of sp³-hybridized carbons (Fsp3) is 0.448. The number of aromatic nitrogens is 3. The minimum absolute atomic E-state index is 0.0601. The molecule has 1 fully saturated rings. The van der Waals surface area contributed by atoms with Gasteiger partial charge in [-0.25, -0.2) is 18.7 Å². The molecule has 38 heavy (non-hydrogen) atoms. The van der Waals surface area contributed by atoms with E-state index in [1.54, 1.807) is 13.1 Å². The lowest BCUT2D eigenvalue weighted by Gasteiger charge is -2.24. The predicted molar refractivity (Wildman–Crippen MR) is 143 cm³/mol. The second kappa shape index (κ2) is 10.3. The highest BCUT2D eigenvalue weighted by Crippen LogP contribution is 2.42. The molecule has 0 bridgehead atoms. The molecular formula is C29H32F2N6O. The molecule has 1 aromatic carbocycles. The summed E-state index contributed by atoms with van der Waals surface area (Å²) in [6.45, 7) is 8.71. The molecule has 1 saturated heterocycles. The number of nitriles is 1. The fourth-order valence-corrected chi connectivity index (χ4v) is 5.97. The van der Waals surface area contributed by atoms with Crippen LogP contribution >= 0.6 is 0 Å². The van der Waals surface area contributed by atoms with Crippen LogP contribution in [0.2, 0.25) is 0 Å². The molecule has 2 N–H and O–H groups in total. The summed E-state index contributed by atoms with van der Waals surface area (Å²) >= 11 is 0. The number of nitrogens with zero attached hydrogens (tertiary/aromatic N) is 5. The normalized spacial score (nSPS) is 19.6. The largest absolute Gasteiger partial charge is 0.401 e. The lowest BCUT2D eigenvalue weighted by Crippen LogP contribution is -2.30. The summed E-state index contributed by atoms with van der Waals surface area (Å²) < 4.78 is 37.0. The number of halogens is 2. The zero-order valence-corrected chi connectivity index (χ0v) is 22.2. The van der Waals surface area contributed by atoms with Crippen molar-refractivity contribution in [3.63, 3.8) is 0 Å². The molecule has 3 aromatic rings. The minimum Gasteiger partial charge on any atom is -0.401 e. The molecule has 198 valence electrons. The smallest absolute Gasteiger partial charge is 0.226 e. The second-order valence-corrected chi connectivity index (χ2v) is 10.3. The van der Waals surface area contributed by atoms with Gasteiger partial charge in [-0.05, 0) is 55.7 Å². The molecule has 0 spiro atoms. The van der Waals surface area contributed by atoms with Gasteiger partial charge in [-0.1, -0.05) is 20.3 Å². The first-order chi connectivity index (χ1) is 18.3. The lowest BCUT2D eigenvalue weighted by molar-refractivity contribution is 0.135. The first-order valence-electron chi connectivity index (χ1n) is 13.2. The third-order valence-electron chi connectivity index (χ3n) is 7.88. The van der Waals surface area contributed by atoms with Gasteiger partial charge in [-0.2, -0.15) is 5.26 Å². The van der Waals surface area contributed by atoms with Crippen molar-refractivity contribution >= 4 is 22.4 Å². The van der Waals surface area contributed by atoms with E-state index in [1.165, 1.54) is 6.92 Å². The van der Waals surface area contributed by atoms with Crippen LogP contribution in [-0.2, 0) is 18.0 Å². The van der Waals surface area contributed by atoms with Crippen LogP contribution in [0.5, 0.6) is 0 Å². The first-order valence-corrected chi connectivity index (χ1v) is 13.2. The van der Waals surface area contributed by atoms with Gasteiger partial charge in [0.25, 0.3) is 0 Å². The van der Waals surface area contributed by atoms with Crippen molar-refractivity contribution in [1.29, 1.82) is 5.26 Å². The van der Waals surface area contributed by atoms with Crippen LogP contribution in [-0.4, -0.2) is 27.5 Å². The van der Waals surface area contributed by atoms with Crippen molar-refractivity contribution in [2.75, 3.05) is 11.4 Å². The molecule has 0 amide bonds. The zero-order chi connectivity index (χ0) is 27.1. The molecule has 2 atom stereocenters. The number of fused-ring (bicyclic) bond motifs is 3. The van der Waals surface area contributed by atoms with E-state index < -0.39 is 11.6 Å². The maximum atomic E-state index is 16.6. The van der Waals surface area contributed by atoms with Crippen molar-refractivity contribution in [1.82, 2.24) is 15.0 Å².